The molecule has 0 atom stereocenters. The van der Waals surface area contributed by atoms with E-state index in [0.29, 0.717) is 6.54 Å². The number of hydrogen-bond acceptors (Lipinski definition) is 4. The lowest BCUT2D eigenvalue weighted by Gasteiger charge is -2.18. The maximum atomic E-state index is 12.2. The van der Waals surface area contributed by atoms with E-state index in [1.807, 2.05) is 23.6 Å². The van der Waals surface area contributed by atoms with Crippen molar-refractivity contribution in [1.82, 2.24) is 9.88 Å². The van der Waals surface area contributed by atoms with Crippen LogP contribution in [0.4, 0.5) is 16.3 Å². The third-order valence-electron chi connectivity index (χ3n) is 3.78. The molecule has 2 amide bonds. The Morgan fingerprint density at radius 2 is 2.18 bits per heavy atom. The van der Waals surface area contributed by atoms with Crippen molar-refractivity contribution in [3.05, 3.63) is 40.7 Å². The number of rotatable bonds is 4. The second-order valence-electron chi connectivity index (χ2n) is 5.52. The number of nitrogens with zero attached hydrogens (tertiary/aromatic N) is 3. The molecule has 3 rings (SSSR count). The first-order chi connectivity index (χ1) is 10.7. The van der Waals surface area contributed by atoms with E-state index in [9.17, 15) is 4.79 Å². The summed E-state index contributed by atoms with van der Waals surface area (Å²) in [6.45, 7) is 2.75. The predicted octanol–water partition coefficient (Wildman–Crippen LogP) is 3.41. The summed E-state index contributed by atoms with van der Waals surface area (Å²) in [7, 11) is 1.79. The van der Waals surface area contributed by atoms with Gasteiger partial charge in [0.15, 0.2) is 0 Å². The van der Waals surface area contributed by atoms with Crippen LogP contribution >= 0.6 is 11.3 Å². The number of amides is 2. The summed E-state index contributed by atoms with van der Waals surface area (Å²) in [5, 5.41) is 6.95. The van der Waals surface area contributed by atoms with Gasteiger partial charge in [-0.15, -0.1) is 0 Å². The van der Waals surface area contributed by atoms with Gasteiger partial charge in [-0.1, -0.05) is 0 Å². The Kier molecular flexibility index (Phi) is 4.58. The lowest BCUT2D eigenvalue weighted by Crippen LogP contribution is -2.30. The van der Waals surface area contributed by atoms with Crippen molar-refractivity contribution in [2.24, 2.45) is 0 Å². The Labute approximate surface area is 134 Å². The highest BCUT2D eigenvalue weighted by Gasteiger charge is 2.14. The number of urea groups is 1. The van der Waals surface area contributed by atoms with E-state index in [0.717, 1.165) is 30.2 Å². The zero-order valence-electron chi connectivity index (χ0n) is 12.7. The van der Waals surface area contributed by atoms with E-state index in [2.05, 4.69) is 20.6 Å². The van der Waals surface area contributed by atoms with Crippen LogP contribution in [0.15, 0.2) is 35.2 Å². The lowest BCUT2D eigenvalue weighted by atomic mass is 10.3. The maximum Gasteiger partial charge on any atom is 0.321 e. The molecular formula is C16H20N4OS. The van der Waals surface area contributed by atoms with Crippen molar-refractivity contribution in [2.45, 2.75) is 19.4 Å². The Morgan fingerprint density at radius 1 is 1.36 bits per heavy atom. The molecule has 3 heterocycles. The fourth-order valence-electron chi connectivity index (χ4n) is 2.54. The molecule has 0 bridgehead atoms. The largest absolute Gasteiger partial charge is 0.357 e. The van der Waals surface area contributed by atoms with Gasteiger partial charge >= 0.3 is 6.03 Å². The SMILES string of the molecule is CN(Cc1ccsc1)C(=O)Nc1ccc(N2CCCC2)nc1. The van der Waals surface area contributed by atoms with Crippen LogP contribution in [0.5, 0.6) is 0 Å². The van der Waals surface area contributed by atoms with Crippen LogP contribution in [0.1, 0.15) is 18.4 Å². The van der Waals surface area contributed by atoms with Crippen LogP contribution < -0.4 is 10.2 Å². The molecule has 1 N–H and O–H groups in total. The first-order valence-corrected chi connectivity index (χ1v) is 8.41. The fourth-order valence-corrected chi connectivity index (χ4v) is 3.20. The number of pyridine rings is 1. The molecule has 1 saturated heterocycles. The molecule has 1 aliphatic rings. The van der Waals surface area contributed by atoms with E-state index in [-0.39, 0.29) is 6.03 Å². The summed E-state index contributed by atoms with van der Waals surface area (Å²) >= 11 is 1.64. The Hall–Kier alpha value is -2.08. The molecule has 0 aliphatic carbocycles. The standard InChI is InChI=1S/C16H20N4OS/c1-19(11-13-6-9-22-12-13)16(21)18-14-4-5-15(17-10-14)20-7-2-3-8-20/h4-6,9-10,12H,2-3,7-8,11H2,1H3,(H,18,21). The molecule has 5 nitrogen and oxygen atoms in total. The molecule has 1 aliphatic heterocycles. The Balaban J connectivity index is 1.56. The molecule has 116 valence electrons. The zero-order chi connectivity index (χ0) is 15.4. The van der Waals surface area contributed by atoms with Gasteiger partial charge in [0, 0.05) is 26.7 Å². The first-order valence-electron chi connectivity index (χ1n) is 7.46. The third-order valence-corrected chi connectivity index (χ3v) is 4.51. The van der Waals surface area contributed by atoms with Crippen LogP contribution in [0, 0.1) is 0 Å². The minimum atomic E-state index is -0.123. The van der Waals surface area contributed by atoms with Gasteiger partial charge in [-0.25, -0.2) is 9.78 Å². The summed E-state index contributed by atoms with van der Waals surface area (Å²) in [6.07, 6.45) is 4.19. The lowest BCUT2D eigenvalue weighted by molar-refractivity contribution is 0.221. The molecular weight excluding hydrogens is 296 g/mol. The molecule has 6 heteroatoms. The van der Waals surface area contributed by atoms with Gasteiger partial charge in [0.1, 0.15) is 5.82 Å². The smallest absolute Gasteiger partial charge is 0.321 e. The van der Waals surface area contributed by atoms with Gasteiger partial charge in [0.2, 0.25) is 0 Å². The number of carbonyl (C=O) groups excluding carboxylic acids is 1. The van der Waals surface area contributed by atoms with Gasteiger partial charge in [-0.3, -0.25) is 0 Å². The minimum Gasteiger partial charge on any atom is -0.357 e. The van der Waals surface area contributed by atoms with E-state index >= 15 is 0 Å². The van der Waals surface area contributed by atoms with Crippen molar-refractivity contribution in [1.29, 1.82) is 0 Å². The van der Waals surface area contributed by atoms with Gasteiger partial charge in [0.05, 0.1) is 11.9 Å². The van der Waals surface area contributed by atoms with E-state index in [1.165, 1.54) is 12.8 Å². The van der Waals surface area contributed by atoms with E-state index in [4.69, 9.17) is 0 Å². The maximum absolute atomic E-state index is 12.2. The average molecular weight is 316 g/mol. The van der Waals surface area contributed by atoms with E-state index < -0.39 is 0 Å². The molecule has 0 spiro atoms. The molecule has 2 aromatic heterocycles. The normalized spacial score (nSPS) is 14.1. The summed E-state index contributed by atoms with van der Waals surface area (Å²) < 4.78 is 0. The van der Waals surface area contributed by atoms with Gasteiger partial charge in [-0.05, 0) is 47.4 Å². The predicted molar refractivity (Wildman–Crippen MR) is 90.5 cm³/mol. The van der Waals surface area contributed by atoms with Crippen molar-refractivity contribution in [2.75, 3.05) is 30.4 Å². The number of nitrogens with one attached hydrogen (secondary N) is 1. The molecule has 0 unspecified atom stereocenters. The van der Waals surface area contributed by atoms with Gasteiger partial charge in [-0.2, -0.15) is 11.3 Å². The summed E-state index contributed by atoms with van der Waals surface area (Å²) in [5.41, 5.74) is 1.87. The van der Waals surface area contributed by atoms with Crippen LogP contribution in [-0.2, 0) is 6.54 Å². The quantitative estimate of drug-likeness (QED) is 0.940. The molecule has 0 saturated carbocycles. The molecule has 2 aromatic rings. The fraction of sp³-hybridized carbons (Fsp3) is 0.375. The van der Waals surface area contributed by atoms with Crippen molar-refractivity contribution in [3.63, 3.8) is 0 Å². The third kappa shape index (κ3) is 3.57. The molecule has 0 aromatic carbocycles. The van der Waals surface area contributed by atoms with Crippen LogP contribution in [0.2, 0.25) is 0 Å². The summed E-state index contributed by atoms with van der Waals surface area (Å²) in [4.78, 5) is 20.5. The van der Waals surface area contributed by atoms with Crippen molar-refractivity contribution < 1.29 is 4.79 Å². The summed E-state index contributed by atoms with van der Waals surface area (Å²) in [5.74, 6) is 0.988. The number of carbonyl (C=O) groups is 1. The van der Waals surface area contributed by atoms with Gasteiger partial charge in [0.25, 0.3) is 0 Å². The minimum absolute atomic E-state index is 0.123. The van der Waals surface area contributed by atoms with Gasteiger partial charge < -0.3 is 15.1 Å². The highest BCUT2D eigenvalue weighted by molar-refractivity contribution is 7.07. The number of thiophene rings is 1. The Morgan fingerprint density at radius 3 is 2.82 bits per heavy atom. The second kappa shape index (κ2) is 6.79. The van der Waals surface area contributed by atoms with Crippen molar-refractivity contribution in [3.8, 4) is 0 Å². The number of aromatic nitrogens is 1. The highest BCUT2D eigenvalue weighted by Crippen LogP contribution is 2.19. The first kappa shape index (κ1) is 14.8. The molecule has 0 radical (unpaired) electrons. The molecule has 22 heavy (non-hydrogen) atoms. The second-order valence-corrected chi connectivity index (χ2v) is 6.30. The van der Waals surface area contributed by atoms with Crippen LogP contribution in [0.25, 0.3) is 0 Å². The topological polar surface area (TPSA) is 48.5 Å². The monoisotopic (exact) mass is 316 g/mol. The number of anilines is 2. The Bertz CT molecular complexity index is 606. The van der Waals surface area contributed by atoms with Crippen LogP contribution in [-0.4, -0.2) is 36.1 Å². The average Bonchev–Trinajstić information content (AvgIpc) is 3.21. The zero-order valence-corrected chi connectivity index (χ0v) is 13.5. The molecule has 1 fully saturated rings. The van der Waals surface area contributed by atoms with Crippen molar-refractivity contribution >= 4 is 28.9 Å². The van der Waals surface area contributed by atoms with Crippen LogP contribution in [0.3, 0.4) is 0 Å². The summed E-state index contributed by atoms with van der Waals surface area (Å²) in [6, 6.07) is 5.79. The number of hydrogen-bond donors (Lipinski definition) is 1. The van der Waals surface area contributed by atoms with E-state index in [1.54, 1.807) is 29.5 Å². The highest BCUT2D eigenvalue weighted by atomic mass is 32.1.